The standard InChI is InChI=1S/C18H16N2O3S/c1-13-5-7-15(8-6-13)18-10-17(23-19-18)12-24-11-14-3-2-4-16(9-14)20(21)22/h2-10H,11-12H2,1H3. The van der Waals surface area contributed by atoms with E-state index in [1.54, 1.807) is 23.9 Å². The first-order chi connectivity index (χ1) is 11.6. The number of hydrogen-bond acceptors (Lipinski definition) is 5. The maximum Gasteiger partial charge on any atom is 0.269 e. The largest absolute Gasteiger partial charge is 0.360 e. The van der Waals surface area contributed by atoms with Gasteiger partial charge in [0, 0.05) is 29.5 Å². The van der Waals surface area contributed by atoms with E-state index in [4.69, 9.17) is 4.52 Å². The Hall–Kier alpha value is -2.60. The van der Waals surface area contributed by atoms with Gasteiger partial charge in [-0.05, 0) is 12.5 Å². The Balaban J connectivity index is 1.59. The third-order valence-corrected chi connectivity index (χ3v) is 4.57. The second-order valence-corrected chi connectivity index (χ2v) is 6.45. The Kier molecular flexibility index (Phi) is 4.96. The highest BCUT2D eigenvalue weighted by atomic mass is 32.2. The van der Waals surface area contributed by atoms with Gasteiger partial charge in [0.1, 0.15) is 11.5 Å². The third kappa shape index (κ3) is 4.02. The zero-order valence-electron chi connectivity index (χ0n) is 13.1. The Morgan fingerprint density at radius 2 is 1.92 bits per heavy atom. The van der Waals surface area contributed by atoms with E-state index in [1.165, 1.54) is 11.6 Å². The van der Waals surface area contributed by atoms with Crippen molar-refractivity contribution in [1.82, 2.24) is 5.16 Å². The maximum absolute atomic E-state index is 10.8. The molecule has 0 saturated heterocycles. The monoisotopic (exact) mass is 340 g/mol. The number of rotatable bonds is 6. The summed E-state index contributed by atoms with van der Waals surface area (Å²) < 4.78 is 5.37. The summed E-state index contributed by atoms with van der Waals surface area (Å²) in [6.07, 6.45) is 0. The predicted molar refractivity (Wildman–Crippen MR) is 94.8 cm³/mol. The lowest BCUT2D eigenvalue weighted by Gasteiger charge is -2.00. The molecule has 0 bridgehead atoms. The van der Waals surface area contributed by atoms with Crippen LogP contribution in [0.5, 0.6) is 0 Å². The minimum absolute atomic E-state index is 0.120. The fraction of sp³-hybridized carbons (Fsp3) is 0.167. The highest BCUT2D eigenvalue weighted by Gasteiger charge is 2.08. The van der Waals surface area contributed by atoms with Gasteiger partial charge < -0.3 is 4.52 Å². The average molecular weight is 340 g/mol. The molecule has 1 heterocycles. The van der Waals surface area contributed by atoms with Gasteiger partial charge in [-0.2, -0.15) is 0 Å². The maximum atomic E-state index is 10.8. The van der Waals surface area contributed by atoms with Gasteiger partial charge in [-0.15, -0.1) is 11.8 Å². The van der Waals surface area contributed by atoms with Crippen molar-refractivity contribution in [2.24, 2.45) is 0 Å². The topological polar surface area (TPSA) is 69.2 Å². The summed E-state index contributed by atoms with van der Waals surface area (Å²) in [5.41, 5.74) is 4.09. The lowest BCUT2D eigenvalue weighted by Crippen LogP contribution is -1.89. The van der Waals surface area contributed by atoms with E-state index < -0.39 is 0 Å². The summed E-state index contributed by atoms with van der Waals surface area (Å²) in [7, 11) is 0. The molecule has 0 aliphatic carbocycles. The van der Waals surface area contributed by atoms with Crippen LogP contribution in [0, 0.1) is 17.0 Å². The Morgan fingerprint density at radius 3 is 2.67 bits per heavy atom. The molecule has 6 heteroatoms. The summed E-state index contributed by atoms with van der Waals surface area (Å²) in [6.45, 7) is 2.04. The Bertz CT molecular complexity index is 843. The van der Waals surface area contributed by atoms with Crippen LogP contribution in [-0.4, -0.2) is 10.1 Å². The molecule has 0 unspecified atom stereocenters. The predicted octanol–water partition coefficient (Wildman–Crippen LogP) is 4.99. The number of aromatic nitrogens is 1. The van der Waals surface area contributed by atoms with Gasteiger partial charge in [-0.1, -0.05) is 47.1 Å². The van der Waals surface area contributed by atoms with Crippen LogP contribution in [0.4, 0.5) is 5.69 Å². The van der Waals surface area contributed by atoms with E-state index in [0.717, 1.165) is 22.6 Å². The van der Waals surface area contributed by atoms with Crippen LogP contribution < -0.4 is 0 Å². The number of non-ortho nitro benzene ring substituents is 1. The molecular formula is C18H16N2O3S. The average Bonchev–Trinajstić information content (AvgIpc) is 3.05. The van der Waals surface area contributed by atoms with E-state index in [9.17, 15) is 10.1 Å². The van der Waals surface area contributed by atoms with Crippen LogP contribution in [0.1, 0.15) is 16.9 Å². The van der Waals surface area contributed by atoms with Crippen molar-refractivity contribution in [3.8, 4) is 11.3 Å². The molecule has 3 aromatic rings. The van der Waals surface area contributed by atoms with Crippen LogP contribution >= 0.6 is 11.8 Å². The van der Waals surface area contributed by atoms with Gasteiger partial charge in [-0.25, -0.2) is 0 Å². The minimum atomic E-state index is -0.377. The van der Waals surface area contributed by atoms with Crippen LogP contribution in [0.15, 0.2) is 59.1 Å². The van der Waals surface area contributed by atoms with Crippen LogP contribution in [0.3, 0.4) is 0 Å². The molecule has 122 valence electrons. The smallest absolute Gasteiger partial charge is 0.269 e. The molecule has 0 aliphatic heterocycles. The first-order valence-corrected chi connectivity index (χ1v) is 8.61. The van der Waals surface area contributed by atoms with E-state index >= 15 is 0 Å². The van der Waals surface area contributed by atoms with Gasteiger partial charge >= 0.3 is 0 Å². The molecule has 2 aromatic carbocycles. The summed E-state index contributed by atoms with van der Waals surface area (Å²) in [6, 6.07) is 16.8. The Labute approximate surface area is 143 Å². The number of nitro groups is 1. The minimum Gasteiger partial charge on any atom is -0.360 e. The second-order valence-electron chi connectivity index (χ2n) is 5.46. The molecule has 0 radical (unpaired) electrons. The van der Waals surface area contributed by atoms with Crippen molar-refractivity contribution in [2.75, 3.05) is 0 Å². The number of benzene rings is 2. The number of aryl methyl sites for hydroxylation is 1. The number of hydrogen-bond donors (Lipinski definition) is 0. The molecule has 0 amide bonds. The van der Waals surface area contributed by atoms with E-state index in [-0.39, 0.29) is 10.6 Å². The van der Waals surface area contributed by atoms with E-state index in [2.05, 4.69) is 5.16 Å². The molecule has 24 heavy (non-hydrogen) atoms. The number of thioether (sulfide) groups is 1. The summed E-state index contributed by atoms with van der Waals surface area (Å²) >= 11 is 1.63. The SMILES string of the molecule is Cc1ccc(-c2cc(CSCc3cccc([N+](=O)[O-])c3)on2)cc1. The van der Waals surface area contributed by atoms with Gasteiger partial charge in [0.25, 0.3) is 5.69 Å². The van der Waals surface area contributed by atoms with Crippen LogP contribution in [0.2, 0.25) is 0 Å². The first-order valence-electron chi connectivity index (χ1n) is 7.45. The molecule has 0 N–H and O–H groups in total. The zero-order chi connectivity index (χ0) is 16.9. The second kappa shape index (κ2) is 7.31. The fourth-order valence-electron chi connectivity index (χ4n) is 2.27. The lowest BCUT2D eigenvalue weighted by atomic mass is 10.1. The van der Waals surface area contributed by atoms with Crippen molar-refractivity contribution >= 4 is 17.4 Å². The van der Waals surface area contributed by atoms with Gasteiger partial charge in [-0.3, -0.25) is 10.1 Å². The molecule has 3 rings (SSSR count). The summed E-state index contributed by atoms with van der Waals surface area (Å²) in [5, 5.41) is 14.9. The molecule has 0 spiro atoms. The lowest BCUT2D eigenvalue weighted by molar-refractivity contribution is -0.384. The van der Waals surface area contributed by atoms with Gasteiger partial charge in [0.15, 0.2) is 0 Å². The fourth-order valence-corrected chi connectivity index (χ4v) is 3.13. The summed E-state index contributed by atoms with van der Waals surface area (Å²) in [5.74, 6) is 2.14. The third-order valence-electron chi connectivity index (χ3n) is 3.54. The van der Waals surface area contributed by atoms with Gasteiger partial charge in [0.05, 0.1) is 10.7 Å². The van der Waals surface area contributed by atoms with Crippen molar-refractivity contribution in [1.29, 1.82) is 0 Å². The quantitative estimate of drug-likeness (QED) is 0.467. The van der Waals surface area contributed by atoms with Crippen LogP contribution in [-0.2, 0) is 11.5 Å². The van der Waals surface area contributed by atoms with Crippen molar-refractivity contribution in [3.63, 3.8) is 0 Å². The van der Waals surface area contributed by atoms with Gasteiger partial charge in [0.2, 0.25) is 0 Å². The Morgan fingerprint density at radius 1 is 1.12 bits per heavy atom. The van der Waals surface area contributed by atoms with E-state index in [0.29, 0.717) is 11.5 Å². The van der Waals surface area contributed by atoms with Crippen molar-refractivity contribution in [3.05, 3.63) is 81.6 Å². The number of nitro benzene ring substituents is 1. The van der Waals surface area contributed by atoms with Crippen LogP contribution in [0.25, 0.3) is 11.3 Å². The number of nitrogens with zero attached hydrogens (tertiary/aromatic N) is 2. The molecular weight excluding hydrogens is 324 g/mol. The molecule has 0 fully saturated rings. The van der Waals surface area contributed by atoms with E-state index in [1.807, 2.05) is 43.3 Å². The summed E-state index contributed by atoms with van der Waals surface area (Å²) in [4.78, 5) is 10.4. The normalized spacial score (nSPS) is 10.7. The molecule has 1 aromatic heterocycles. The van der Waals surface area contributed by atoms with Crippen molar-refractivity contribution < 1.29 is 9.45 Å². The van der Waals surface area contributed by atoms with Crippen molar-refractivity contribution in [2.45, 2.75) is 18.4 Å². The molecule has 0 atom stereocenters. The molecule has 0 saturated carbocycles. The molecule has 0 aliphatic rings. The zero-order valence-corrected chi connectivity index (χ0v) is 14.0. The molecule has 5 nitrogen and oxygen atoms in total. The first kappa shape index (κ1) is 16.3. The highest BCUT2D eigenvalue weighted by Crippen LogP contribution is 2.24. The highest BCUT2D eigenvalue weighted by molar-refractivity contribution is 7.97.